The van der Waals surface area contributed by atoms with Gasteiger partial charge in [0.2, 0.25) is 0 Å². The van der Waals surface area contributed by atoms with E-state index in [1.54, 1.807) is 41.3 Å². The molecule has 1 fully saturated rings. The zero-order chi connectivity index (χ0) is 19.5. The first-order chi connectivity index (χ1) is 13.6. The number of carbonyl (C=O) groups is 2. The average molecular weight is 396 g/mol. The van der Waals surface area contributed by atoms with Crippen LogP contribution in [0.2, 0.25) is 5.02 Å². The molecule has 3 amide bonds. The van der Waals surface area contributed by atoms with Crippen LogP contribution in [0.5, 0.6) is 0 Å². The van der Waals surface area contributed by atoms with E-state index in [1.807, 2.05) is 24.3 Å². The van der Waals surface area contributed by atoms with E-state index >= 15 is 0 Å². The molecule has 1 aromatic heterocycles. The number of furan rings is 1. The molecule has 2 heterocycles. The van der Waals surface area contributed by atoms with Crippen molar-refractivity contribution in [1.29, 1.82) is 0 Å². The molecule has 1 aliphatic heterocycles. The zero-order valence-electron chi connectivity index (χ0n) is 14.9. The first-order valence-electron chi connectivity index (χ1n) is 8.93. The summed E-state index contributed by atoms with van der Waals surface area (Å²) in [5.41, 5.74) is 2.03. The minimum atomic E-state index is -0.376. The molecule has 0 saturated carbocycles. The van der Waals surface area contributed by atoms with Crippen LogP contribution in [0.1, 0.15) is 17.0 Å². The average Bonchev–Trinajstić information content (AvgIpc) is 3.19. The Hall–Kier alpha value is -3.25. The largest absolute Gasteiger partial charge is 0.451 e. The molecular weight excluding hydrogens is 378 g/mol. The number of hydrogen-bond acceptors (Lipinski definition) is 3. The molecule has 1 aliphatic rings. The monoisotopic (exact) mass is 395 g/mol. The van der Waals surface area contributed by atoms with Crippen LogP contribution in [0.4, 0.5) is 16.2 Å². The van der Waals surface area contributed by atoms with Gasteiger partial charge in [0.05, 0.1) is 5.02 Å². The minimum Gasteiger partial charge on any atom is -0.451 e. The van der Waals surface area contributed by atoms with Gasteiger partial charge in [0.25, 0.3) is 5.91 Å². The number of hydrogen-bond donors (Lipinski definition) is 2. The van der Waals surface area contributed by atoms with Crippen LogP contribution in [0.15, 0.2) is 65.1 Å². The molecule has 2 aromatic carbocycles. The smallest absolute Gasteiger partial charge is 0.321 e. The molecule has 142 valence electrons. The molecule has 0 radical (unpaired) electrons. The number of carbonyl (C=O) groups excluding carboxylic acids is 2. The van der Waals surface area contributed by atoms with Crippen molar-refractivity contribution >= 4 is 34.9 Å². The Labute approximate surface area is 167 Å². The Balaban J connectivity index is 1.51. The van der Waals surface area contributed by atoms with Gasteiger partial charge in [-0.2, -0.15) is 0 Å². The van der Waals surface area contributed by atoms with E-state index < -0.39 is 0 Å². The van der Waals surface area contributed by atoms with E-state index in [9.17, 15) is 9.59 Å². The lowest BCUT2D eigenvalue weighted by Gasteiger charge is -2.27. The molecular formula is C21H18ClN3O3. The molecule has 7 heteroatoms. The maximum Gasteiger partial charge on any atom is 0.321 e. The zero-order valence-corrected chi connectivity index (χ0v) is 15.7. The molecule has 0 atom stereocenters. The summed E-state index contributed by atoms with van der Waals surface area (Å²) in [7, 11) is 0. The highest BCUT2D eigenvalue weighted by atomic mass is 35.5. The van der Waals surface area contributed by atoms with Gasteiger partial charge in [-0.25, -0.2) is 4.79 Å². The highest BCUT2D eigenvalue weighted by molar-refractivity contribution is 6.33. The maximum absolute atomic E-state index is 12.6. The van der Waals surface area contributed by atoms with Crippen LogP contribution in [-0.2, 0) is 0 Å². The van der Waals surface area contributed by atoms with E-state index in [0.29, 0.717) is 29.6 Å². The first kappa shape index (κ1) is 18.1. The van der Waals surface area contributed by atoms with Crippen LogP contribution in [0, 0.1) is 0 Å². The predicted octanol–water partition coefficient (Wildman–Crippen LogP) is 4.77. The molecule has 2 N–H and O–H groups in total. The number of benzene rings is 2. The van der Waals surface area contributed by atoms with Crippen molar-refractivity contribution in [2.45, 2.75) is 6.42 Å². The number of anilines is 2. The number of rotatable bonds is 4. The van der Waals surface area contributed by atoms with Crippen molar-refractivity contribution in [2.24, 2.45) is 0 Å². The summed E-state index contributed by atoms with van der Waals surface area (Å²) in [5.74, 6) is 0.323. The second-order valence-electron chi connectivity index (χ2n) is 6.39. The number of nitrogens with zero attached hydrogens (tertiary/aromatic N) is 1. The second kappa shape index (κ2) is 7.78. The van der Waals surface area contributed by atoms with Crippen molar-refractivity contribution in [3.05, 3.63) is 71.4 Å². The Kier molecular flexibility index (Phi) is 5.04. The standard InChI is InChI=1S/C21H18ClN3O3/c22-17-8-2-1-7-16(17)18-9-10-19(28-18)20(26)24-14-5-3-6-15(13-14)25-12-4-11-23-21(25)27/h1-3,5-10,13H,4,11-12H2,(H,23,27)(H,24,26). The van der Waals surface area contributed by atoms with Crippen molar-refractivity contribution in [2.75, 3.05) is 23.3 Å². The van der Waals surface area contributed by atoms with Gasteiger partial charge in [-0.15, -0.1) is 0 Å². The van der Waals surface area contributed by atoms with Gasteiger partial charge in [0, 0.05) is 30.0 Å². The fourth-order valence-corrected chi connectivity index (χ4v) is 3.31. The quantitative estimate of drug-likeness (QED) is 0.668. The third kappa shape index (κ3) is 3.73. The van der Waals surface area contributed by atoms with Gasteiger partial charge in [0.15, 0.2) is 5.76 Å². The van der Waals surface area contributed by atoms with Gasteiger partial charge >= 0.3 is 6.03 Å². The van der Waals surface area contributed by atoms with Gasteiger partial charge in [0.1, 0.15) is 5.76 Å². The SMILES string of the molecule is O=C(Nc1cccc(N2CCCNC2=O)c1)c1ccc(-c2ccccc2Cl)o1. The molecule has 28 heavy (non-hydrogen) atoms. The van der Waals surface area contributed by atoms with Crippen molar-refractivity contribution in [3.63, 3.8) is 0 Å². The fraction of sp³-hybridized carbons (Fsp3) is 0.143. The molecule has 0 bridgehead atoms. The van der Waals surface area contributed by atoms with Crippen LogP contribution in [0.25, 0.3) is 11.3 Å². The lowest BCUT2D eigenvalue weighted by Crippen LogP contribution is -2.46. The van der Waals surface area contributed by atoms with E-state index in [1.165, 1.54) is 0 Å². The normalized spacial score (nSPS) is 13.9. The third-order valence-electron chi connectivity index (χ3n) is 4.46. The topological polar surface area (TPSA) is 74.6 Å². The lowest BCUT2D eigenvalue weighted by molar-refractivity contribution is 0.0997. The first-order valence-corrected chi connectivity index (χ1v) is 9.31. The van der Waals surface area contributed by atoms with Crippen LogP contribution in [-0.4, -0.2) is 25.0 Å². The van der Waals surface area contributed by atoms with E-state index in [4.69, 9.17) is 16.0 Å². The number of amides is 3. The molecule has 1 saturated heterocycles. The Morgan fingerprint density at radius 2 is 1.96 bits per heavy atom. The molecule has 0 unspecified atom stereocenters. The second-order valence-corrected chi connectivity index (χ2v) is 6.79. The van der Waals surface area contributed by atoms with E-state index in [2.05, 4.69) is 10.6 Å². The van der Waals surface area contributed by atoms with Crippen molar-refractivity contribution in [1.82, 2.24) is 5.32 Å². The summed E-state index contributed by atoms with van der Waals surface area (Å²) >= 11 is 6.18. The highest BCUT2D eigenvalue weighted by Gasteiger charge is 2.20. The summed E-state index contributed by atoms with van der Waals surface area (Å²) in [6, 6.07) is 17.6. The van der Waals surface area contributed by atoms with Crippen LogP contribution in [0.3, 0.4) is 0 Å². The van der Waals surface area contributed by atoms with Gasteiger partial charge in [-0.05, 0) is 48.9 Å². The summed E-state index contributed by atoms with van der Waals surface area (Å²) in [5, 5.41) is 6.17. The van der Waals surface area contributed by atoms with E-state index in [0.717, 1.165) is 17.7 Å². The summed E-state index contributed by atoms with van der Waals surface area (Å²) in [4.78, 5) is 26.2. The Bertz CT molecular complexity index is 1030. The third-order valence-corrected chi connectivity index (χ3v) is 4.79. The number of halogens is 1. The fourth-order valence-electron chi connectivity index (χ4n) is 3.09. The van der Waals surface area contributed by atoms with Crippen LogP contribution < -0.4 is 15.5 Å². The summed E-state index contributed by atoms with van der Waals surface area (Å²) < 4.78 is 5.68. The number of nitrogens with one attached hydrogen (secondary N) is 2. The van der Waals surface area contributed by atoms with Crippen molar-refractivity contribution < 1.29 is 14.0 Å². The van der Waals surface area contributed by atoms with Crippen LogP contribution >= 0.6 is 11.6 Å². The Morgan fingerprint density at radius 1 is 1.11 bits per heavy atom. The summed E-state index contributed by atoms with van der Waals surface area (Å²) in [6.45, 7) is 1.32. The molecule has 4 rings (SSSR count). The van der Waals surface area contributed by atoms with E-state index in [-0.39, 0.29) is 17.7 Å². The minimum absolute atomic E-state index is 0.134. The highest BCUT2D eigenvalue weighted by Crippen LogP contribution is 2.29. The predicted molar refractivity (Wildman–Crippen MR) is 109 cm³/mol. The molecule has 0 spiro atoms. The molecule has 0 aliphatic carbocycles. The van der Waals surface area contributed by atoms with Crippen molar-refractivity contribution in [3.8, 4) is 11.3 Å². The van der Waals surface area contributed by atoms with Gasteiger partial charge in [-0.1, -0.05) is 29.8 Å². The Morgan fingerprint density at radius 3 is 2.79 bits per heavy atom. The van der Waals surface area contributed by atoms with Gasteiger partial charge in [-0.3, -0.25) is 9.69 Å². The lowest BCUT2D eigenvalue weighted by atomic mass is 10.2. The van der Waals surface area contributed by atoms with Gasteiger partial charge < -0.3 is 15.1 Å². The molecule has 6 nitrogen and oxygen atoms in total. The summed E-state index contributed by atoms with van der Waals surface area (Å²) in [6.07, 6.45) is 0.875. The number of urea groups is 1. The maximum atomic E-state index is 12.6. The molecule has 3 aromatic rings.